The van der Waals surface area contributed by atoms with Crippen molar-refractivity contribution in [3.05, 3.63) is 28.5 Å². The van der Waals surface area contributed by atoms with E-state index in [0.717, 1.165) is 10.8 Å². The van der Waals surface area contributed by atoms with E-state index in [2.05, 4.69) is 30.5 Å². The minimum atomic E-state index is -2.04. The fraction of sp³-hybridized carbons (Fsp3) is 0.667. The van der Waals surface area contributed by atoms with Crippen molar-refractivity contribution in [3.63, 3.8) is 0 Å². The van der Waals surface area contributed by atoms with Gasteiger partial charge in [-0.2, -0.15) is 0 Å². The molecule has 0 fully saturated rings. The zero-order chi connectivity index (χ0) is 14.8. The van der Waals surface area contributed by atoms with Gasteiger partial charge in [0.2, 0.25) is 8.32 Å². The van der Waals surface area contributed by atoms with Gasteiger partial charge in [-0.05, 0) is 25.1 Å². The number of aryl methyl sites for hydroxylation is 1. The van der Waals surface area contributed by atoms with Crippen molar-refractivity contribution < 1.29 is 13.3 Å². The molecule has 0 N–H and O–H groups in total. The second kappa shape index (κ2) is 5.32. The van der Waals surface area contributed by atoms with Crippen LogP contribution in [0.15, 0.2) is 21.4 Å². The van der Waals surface area contributed by atoms with Gasteiger partial charge in [0.1, 0.15) is 0 Å². The summed E-state index contributed by atoms with van der Waals surface area (Å²) in [4.78, 5) is 11.2. The number of rotatable bonds is 4. The van der Waals surface area contributed by atoms with E-state index in [9.17, 15) is 9.18 Å². The second-order valence-electron chi connectivity index (χ2n) is 6.02. The lowest BCUT2D eigenvalue weighted by molar-refractivity contribution is 0.368. The van der Waals surface area contributed by atoms with E-state index in [1.54, 1.807) is 6.92 Å². The van der Waals surface area contributed by atoms with Gasteiger partial charge >= 0.3 is 5.76 Å². The summed E-state index contributed by atoms with van der Waals surface area (Å²) in [5.74, 6) is -0.868. The highest BCUT2D eigenvalue weighted by Gasteiger charge is 2.38. The molecule has 5 nitrogen and oxygen atoms in total. The van der Waals surface area contributed by atoms with Gasteiger partial charge in [-0.3, -0.25) is 9.09 Å². The maximum absolute atomic E-state index is 13.8. The molecule has 19 heavy (non-hydrogen) atoms. The van der Waals surface area contributed by atoms with Crippen LogP contribution in [0.2, 0.25) is 18.1 Å². The Morgan fingerprint density at radius 1 is 1.53 bits per heavy atom. The predicted octanol–water partition coefficient (Wildman–Crippen LogP) is 2.98. The fourth-order valence-corrected chi connectivity index (χ4v) is 1.87. The summed E-state index contributed by atoms with van der Waals surface area (Å²) in [6.07, 6.45) is 1.11. The van der Waals surface area contributed by atoms with Gasteiger partial charge in [-0.1, -0.05) is 25.9 Å². The molecule has 0 spiro atoms. The molecule has 0 unspecified atom stereocenters. The molecule has 1 rings (SSSR count). The third-order valence-electron chi connectivity index (χ3n) is 3.46. The molecule has 0 aromatic carbocycles. The highest BCUT2D eigenvalue weighted by atomic mass is 28.4. The number of aromatic nitrogens is 2. The Morgan fingerprint density at radius 3 is 2.53 bits per heavy atom. The molecule has 0 saturated heterocycles. The van der Waals surface area contributed by atoms with Gasteiger partial charge in [0.15, 0.2) is 11.7 Å². The van der Waals surface area contributed by atoms with E-state index in [1.807, 2.05) is 13.1 Å². The molecule has 1 aromatic heterocycles. The lowest BCUT2D eigenvalue weighted by atomic mass is 10.2. The molecule has 108 valence electrons. The Kier molecular flexibility index (Phi) is 4.39. The van der Waals surface area contributed by atoms with E-state index in [4.69, 9.17) is 4.43 Å². The summed E-state index contributed by atoms with van der Waals surface area (Å²) in [5, 5.41) is 3.46. The number of halogens is 1. The zero-order valence-corrected chi connectivity index (χ0v) is 13.3. The Hall–Kier alpha value is -1.37. The van der Waals surface area contributed by atoms with Crippen LogP contribution in [-0.2, 0) is 11.0 Å². The van der Waals surface area contributed by atoms with Crippen molar-refractivity contribution in [1.82, 2.24) is 9.72 Å². The number of hydrogen-bond acceptors (Lipinski definition) is 4. The Morgan fingerprint density at radius 2 is 2.11 bits per heavy atom. The third kappa shape index (κ3) is 3.79. The Bertz CT molecular complexity index is 526. The van der Waals surface area contributed by atoms with Gasteiger partial charge in [-0.25, -0.2) is 9.18 Å². The molecule has 1 heterocycles. The third-order valence-corrected chi connectivity index (χ3v) is 7.78. The van der Waals surface area contributed by atoms with Crippen LogP contribution in [0.5, 0.6) is 0 Å². The first kappa shape index (κ1) is 15.7. The molecule has 0 aliphatic rings. The van der Waals surface area contributed by atoms with Crippen LogP contribution in [-0.4, -0.2) is 18.0 Å². The number of hydrogen-bond donors (Lipinski definition) is 0. The first-order valence-electron chi connectivity index (χ1n) is 6.10. The quantitative estimate of drug-likeness (QED) is 0.631. The van der Waals surface area contributed by atoms with Crippen molar-refractivity contribution in [2.45, 2.75) is 52.4 Å². The summed E-state index contributed by atoms with van der Waals surface area (Å²) in [5.41, 5.74) is 0. The van der Waals surface area contributed by atoms with Crippen molar-refractivity contribution in [2.75, 3.05) is 0 Å². The molecule has 0 bridgehead atoms. The van der Waals surface area contributed by atoms with E-state index in [0.29, 0.717) is 5.82 Å². The molecule has 0 saturated carbocycles. The van der Waals surface area contributed by atoms with Crippen LogP contribution in [0.25, 0.3) is 0 Å². The van der Waals surface area contributed by atoms with E-state index in [1.165, 1.54) is 0 Å². The van der Waals surface area contributed by atoms with E-state index >= 15 is 0 Å². The molecule has 7 heteroatoms. The van der Waals surface area contributed by atoms with Gasteiger partial charge < -0.3 is 4.43 Å². The highest BCUT2D eigenvalue weighted by Crippen LogP contribution is 2.36. The maximum Gasteiger partial charge on any atom is 0.441 e. The van der Waals surface area contributed by atoms with Gasteiger partial charge in [0.25, 0.3) is 0 Å². The minimum absolute atomic E-state index is 0.00622. The van der Waals surface area contributed by atoms with Crippen LogP contribution < -0.4 is 5.76 Å². The average Bonchev–Trinajstić information content (AvgIpc) is 2.57. The van der Waals surface area contributed by atoms with Crippen molar-refractivity contribution in [1.29, 1.82) is 0 Å². The minimum Gasteiger partial charge on any atom is -0.547 e. The predicted molar refractivity (Wildman–Crippen MR) is 73.0 cm³/mol. The topological polar surface area (TPSA) is 57.3 Å². The fourth-order valence-electron chi connectivity index (χ4n) is 1.09. The summed E-state index contributed by atoms with van der Waals surface area (Å²) >= 11 is 0. The monoisotopic (exact) mass is 288 g/mol. The zero-order valence-electron chi connectivity index (χ0n) is 12.3. The van der Waals surface area contributed by atoms with Crippen molar-refractivity contribution in [3.8, 4) is 0 Å². The summed E-state index contributed by atoms with van der Waals surface area (Å²) < 4.78 is 24.9. The molecule has 0 radical (unpaired) electrons. The molecule has 1 aromatic rings. The standard InChI is InChI=1S/C12H21FN2O3Si/c1-9-14-18-11(16)15(9)7-10(13)8-17-19(5,6)12(2,3)4/h8H,7H2,1-6H3. The molecule has 0 aliphatic heterocycles. The summed E-state index contributed by atoms with van der Waals surface area (Å²) in [6.45, 7) is 11.6. The summed E-state index contributed by atoms with van der Waals surface area (Å²) in [7, 11) is -2.04. The largest absolute Gasteiger partial charge is 0.547 e. The van der Waals surface area contributed by atoms with Crippen LogP contribution in [0.4, 0.5) is 4.39 Å². The number of allylic oxidation sites excluding steroid dienone is 1. The number of nitrogens with zero attached hydrogens (tertiary/aromatic N) is 2. The Labute approximate surface area is 113 Å². The smallest absolute Gasteiger partial charge is 0.441 e. The summed E-state index contributed by atoms with van der Waals surface area (Å²) in [6, 6.07) is 0. The maximum atomic E-state index is 13.8. The van der Waals surface area contributed by atoms with Gasteiger partial charge in [-0.15, -0.1) is 0 Å². The van der Waals surface area contributed by atoms with Crippen LogP contribution >= 0.6 is 0 Å². The highest BCUT2D eigenvalue weighted by molar-refractivity contribution is 6.74. The van der Waals surface area contributed by atoms with Crippen LogP contribution in [0.1, 0.15) is 26.6 Å². The molecular formula is C12H21FN2O3Si. The van der Waals surface area contributed by atoms with Gasteiger partial charge in [0.05, 0.1) is 12.8 Å². The normalized spacial score (nSPS) is 13.7. The first-order valence-corrected chi connectivity index (χ1v) is 9.01. The lowest BCUT2D eigenvalue weighted by Crippen LogP contribution is -2.39. The molecule has 0 amide bonds. The Balaban J connectivity index is 2.77. The molecular weight excluding hydrogens is 267 g/mol. The van der Waals surface area contributed by atoms with E-state index < -0.39 is 19.9 Å². The van der Waals surface area contributed by atoms with Crippen LogP contribution in [0, 0.1) is 6.92 Å². The molecule has 0 aliphatic carbocycles. The lowest BCUT2D eigenvalue weighted by Gasteiger charge is -2.34. The van der Waals surface area contributed by atoms with E-state index in [-0.39, 0.29) is 11.6 Å². The average molecular weight is 288 g/mol. The SMILES string of the molecule is Cc1noc(=O)n1CC(F)=CO[Si](C)(C)C(C)(C)C. The van der Waals surface area contributed by atoms with Crippen LogP contribution in [0.3, 0.4) is 0 Å². The van der Waals surface area contributed by atoms with Crippen molar-refractivity contribution >= 4 is 8.32 Å². The molecule has 0 atom stereocenters. The second-order valence-corrected chi connectivity index (χ2v) is 10.8. The van der Waals surface area contributed by atoms with Gasteiger partial charge in [0, 0.05) is 0 Å². The van der Waals surface area contributed by atoms with Crippen molar-refractivity contribution in [2.24, 2.45) is 0 Å². The first-order chi connectivity index (χ1) is 8.54.